The molecule has 170 valence electrons. The molecule has 0 fully saturated rings. The summed E-state index contributed by atoms with van der Waals surface area (Å²) in [6.45, 7) is 12.5. The summed E-state index contributed by atoms with van der Waals surface area (Å²) in [4.78, 5) is 25.1. The maximum atomic E-state index is 11.2. The summed E-state index contributed by atoms with van der Waals surface area (Å²) in [5.74, 6) is 0.484. The van der Waals surface area contributed by atoms with Gasteiger partial charge in [-0.3, -0.25) is 9.59 Å². The lowest BCUT2D eigenvalue weighted by atomic mass is 9.84. The normalized spacial score (nSPS) is 13.5. The summed E-state index contributed by atoms with van der Waals surface area (Å²) in [6, 6.07) is 10.2. The van der Waals surface area contributed by atoms with Crippen LogP contribution in [-0.4, -0.2) is 27.7 Å². The average Bonchev–Trinajstić information content (AvgIpc) is 2.68. The lowest BCUT2D eigenvalue weighted by Gasteiger charge is -2.27. The smallest absolute Gasteiger partial charge is 0.262 e. The molecule has 7 heteroatoms. The first-order chi connectivity index (χ1) is 14.8. The van der Waals surface area contributed by atoms with E-state index >= 15 is 0 Å². The molecule has 1 aliphatic rings. The van der Waals surface area contributed by atoms with E-state index in [0.717, 1.165) is 16.5 Å². The van der Waals surface area contributed by atoms with Crippen LogP contribution >= 0.6 is 0 Å². The van der Waals surface area contributed by atoms with Crippen molar-refractivity contribution in [2.75, 3.05) is 11.9 Å². The molecular formula is C25H30N2O5. The van der Waals surface area contributed by atoms with Crippen molar-refractivity contribution in [3.8, 4) is 17.2 Å². The predicted molar refractivity (Wildman–Crippen MR) is 126 cm³/mol. The zero-order valence-electron chi connectivity index (χ0n) is 19.3. The molecule has 7 nitrogen and oxygen atoms in total. The summed E-state index contributed by atoms with van der Waals surface area (Å²) in [5.41, 5.74) is 2.65. The van der Waals surface area contributed by atoms with Gasteiger partial charge in [0, 0.05) is 17.0 Å². The number of rotatable bonds is 0. The molecule has 0 saturated heterocycles. The third kappa shape index (κ3) is 4.72. The number of pyridine rings is 1. The van der Waals surface area contributed by atoms with Gasteiger partial charge in [0.05, 0.1) is 5.52 Å². The Morgan fingerprint density at radius 3 is 2.03 bits per heavy atom. The molecule has 2 heterocycles. The number of hydrogen-bond acceptors (Lipinski definition) is 5. The minimum atomic E-state index is -0.242. The van der Waals surface area contributed by atoms with Crippen LogP contribution < -0.4 is 15.6 Å². The number of anilines is 1. The van der Waals surface area contributed by atoms with Crippen molar-refractivity contribution in [3.63, 3.8) is 0 Å². The number of aromatic nitrogens is 1. The standard InChI is InChI=1S/C13H15NO2.C12H15NO3/c1-13(2,3)9-5-6-10(15)12-8(9)4-7-11(16)14-12;1-12(2,3)7-4-5-8(14)10-11(7)16-6-9(15)13-10/h4-7,15H,1-3H3,(H,14,16);4-5,14H,6H2,1-3H3,(H,13,15). The fraction of sp³-hybridized carbons (Fsp3) is 0.360. The highest BCUT2D eigenvalue weighted by Gasteiger charge is 2.27. The van der Waals surface area contributed by atoms with Crippen LogP contribution in [0.3, 0.4) is 0 Å². The van der Waals surface area contributed by atoms with E-state index in [1.54, 1.807) is 18.2 Å². The monoisotopic (exact) mass is 438 g/mol. The van der Waals surface area contributed by atoms with Gasteiger partial charge in [0.25, 0.3) is 5.91 Å². The molecule has 3 aromatic rings. The van der Waals surface area contributed by atoms with Gasteiger partial charge in [-0.1, -0.05) is 53.7 Å². The highest BCUT2D eigenvalue weighted by atomic mass is 16.5. The number of fused-ring (bicyclic) bond motifs is 2. The zero-order valence-corrected chi connectivity index (χ0v) is 19.3. The number of ether oxygens (including phenoxy) is 1. The number of amides is 1. The van der Waals surface area contributed by atoms with E-state index < -0.39 is 0 Å². The van der Waals surface area contributed by atoms with E-state index in [0.29, 0.717) is 17.0 Å². The van der Waals surface area contributed by atoms with Gasteiger partial charge < -0.3 is 25.3 Å². The Bertz CT molecular complexity index is 1230. The maximum Gasteiger partial charge on any atom is 0.262 e. The van der Waals surface area contributed by atoms with Gasteiger partial charge in [-0.05, 0) is 34.6 Å². The lowest BCUT2D eigenvalue weighted by molar-refractivity contribution is -0.118. The van der Waals surface area contributed by atoms with Gasteiger partial charge in [0.1, 0.15) is 17.2 Å². The molecule has 0 aliphatic carbocycles. The Hall–Kier alpha value is -3.48. The van der Waals surface area contributed by atoms with Gasteiger partial charge >= 0.3 is 0 Å². The number of benzene rings is 2. The Kier molecular flexibility index (Phi) is 5.96. The lowest BCUT2D eigenvalue weighted by Crippen LogP contribution is -2.27. The SMILES string of the molecule is CC(C)(C)c1ccc(O)c2[nH]c(=O)ccc12.CC(C)(C)c1ccc(O)c2c1OCC(=O)N2. The number of phenols is 2. The minimum absolute atomic E-state index is 0.000463. The van der Waals surface area contributed by atoms with Crippen LogP contribution in [0.2, 0.25) is 0 Å². The third-order valence-electron chi connectivity index (χ3n) is 5.24. The van der Waals surface area contributed by atoms with Crippen molar-refractivity contribution in [3.05, 3.63) is 57.9 Å². The van der Waals surface area contributed by atoms with Crippen LogP contribution in [0.4, 0.5) is 5.69 Å². The van der Waals surface area contributed by atoms with Crippen LogP contribution in [-0.2, 0) is 15.6 Å². The predicted octanol–water partition coefficient (Wildman–Crippen LogP) is 4.55. The molecule has 1 aliphatic heterocycles. The van der Waals surface area contributed by atoms with Gasteiger partial charge in [0.2, 0.25) is 5.56 Å². The molecule has 4 rings (SSSR count). The molecule has 0 bridgehead atoms. The average molecular weight is 439 g/mol. The Morgan fingerprint density at radius 2 is 1.41 bits per heavy atom. The summed E-state index contributed by atoms with van der Waals surface area (Å²) in [7, 11) is 0. The highest BCUT2D eigenvalue weighted by Crippen LogP contribution is 2.43. The van der Waals surface area contributed by atoms with Crippen molar-refractivity contribution in [2.24, 2.45) is 0 Å². The second-order valence-corrected chi connectivity index (χ2v) is 9.92. The second-order valence-electron chi connectivity index (χ2n) is 9.92. The van der Waals surface area contributed by atoms with Gasteiger partial charge in [0.15, 0.2) is 12.4 Å². The van der Waals surface area contributed by atoms with E-state index in [-0.39, 0.29) is 40.4 Å². The van der Waals surface area contributed by atoms with Gasteiger partial charge in [-0.25, -0.2) is 0 Å². The van der Waals surface area contributed by atoms with Crippen molar-refractivity contribution in [2.45, 2.75) is 52.4 Å². The topological polar surface area (TPSA) is 112 Å². The minimum Gasteiger partial charge on any atom is -0.506 e. The first-order valence-electron chi connectivity index (χ1n) is 10.4. The number of phenolic OH excluding ortho intramolecular Hbond substituents is 2. The zero-order chi connectivity index (χ0) is 23.8. The quantitative estimate of drug-likeness (QED) is 0.385. The molecule has 1 amide bonds. The van der Waals surface area contributed by atoms with Crippen molar-refractivity contribution >= 4 is 22.5 Å². The summed E-state index contributed by atoms with van der Waals surface area (Å²) < 4.78 is 5.40. The van der Waals surface area contributed by atoms with Crippen molar-refractivity contribution in [1.29, 1.82) is 0 Å². The van der Waals surface area contributed by atoms with E-state index in [1.807, 2.05) is 12.1 Å². The molecule has 0 saturated carbocycles. The number of hydrogen-bond donors (Lipinski definition) is 4. The first-order valence-corrected chi connectivity index (χ1v) is 10.4. The molecule has 0 atom stereocenters. The van der Waals surface area contributed by atoms with Crippen LogP contribution in [0.25, 0.3) is 10.9 Å². The van der Waals surface area contributed by atoms with E-state index in [2.05, 4.69) is 51.8 Å². The fourth-order valence-corrected chi connectivity index (χ4v) is 3.64. The van der Waals surface area contributed by atoms with E-state index in [1.165, 1.54) is 6.07 Å². The number of aromatic hydroxyl groups is 2. The third-order valence-corrected chi connectivity index (χ3v) is 5.24. The second kappa shape index (κ2) is 8.22. The summed E-state index contributed by atoms with van der Waals surface area (Å²) >= 11 is 0. The maximum absolute atomic E-state index is 11.2. The Labute approximate surface area is 187 Å². The molecule has 0 radical (unpaired) electrons. The van der Waals surface area contributed by atoms with Gasteiger partial charge in [-0.15, -0.1) is 0 Å². The van der Waals surface area contributed by atoms with Crippen molar-refractivity contribution in [1.82, 2.24) is 4.98 Å². The van der Waals surface area contributed by atoms with E-state index in [4.69, 9.17) is 4.74 Å². The van der Waals surface area contributed by atoms with Gasteiger partial charge in [-0.2, -0.15) is 0 Å². The van der Waals surface area contributed by atoms with Crippen LogP contribution in [0.15, 0.2) is 41.2 Å². The molecule has 4 N–H and O–H groups in total. The number of carbonyl (C=O) groups excluding carboxylic acids is 1. The van der Waals surface area contributed by atoms with Crippen LogP contribution in [0.1, 0.15) is 52.7 Å². The molecular weight excluding hydrogens is 408 g/mol. The first kappa shape index (κ1) is 23.2. The molecule has 2 aromatic carbocycles. The largest absolute Gasteiger partial charge is 0.506 e. The number of H-pyrrole nitrogens is 1. The fourth-order valence-electron chi connectivity index (χ4n) is 3.64. The van der Waals surface area contributed by atoms with Crippen LogP contribution in [0.5, 0.6) is 17.2 Å². The Balaban J connectivity index is 0.000000181. The number of carbonyl (C=O) groups is 1. The Morgan fingerprint density at radius 1 is 0.812 bits per heavy atom. The van der Waals surface area contributed by atoms with Crippen molar-refractivity contribution < 1.29 is 19.7 Å². The van der Waals surface area contributed by atoms with E-state index in [9.17, 15) is 19.8 Å². The molecule has 0 spiro atoms. The number of aromatic amines is 1. The number of nitrogens with one attached hydrogen (secondary N) is 2. The van der Waals surface area contributed by atoms with Crippen LogP contribution in [0, 0.1) is 0 Å². The summed E-state index contributed by atoms with van der Waals surface area (Å²) in [5, 5.41) is 22.9. The molecule has 32 heavy (non-hydrogen) atoms. The molecule has 1 aromatic heterocycles. The highest BCUT2D eigenvalue weighted by molar-refractivity contribution is 5.97. The summed E-state index contributed by atoms with van der Waals surface area (Å²) in [6.07, 6.45) is 0. The molecule has 0 unspecified atom stereocenters.